The minimum atomic E-state index is 0.0440. The largest absolute Gasteiger partial charge is 0.496 e. The molecule has 1 amide bonds. The predicted molar refractivity (Wildman–Crippen MR) is 132 cm³/mol. The number of nitrogens with zero attached hydrogens (tertiary/aromatic N) is 2. The molecular formula is C27H37N3O3. The molecule has 0 unspecified atom stereocenters. The lowest BCUT2D eigenvalue weighted by Crippen LogP contribution is -2.47. The van der Waals surface area contributed by atoms with E-state index in [1.807, 2.05) is 24.3 Å². The van der Waals surface area contributed by atoms with E-state index in [2.05, 4.69) is 39.4 Å². The van der Waals surface area contributed by atoms with Gasteiger partial charge in [-0.05, 0) is 68.0 Å². The van der Waals surface area contributed by atoms with Crippen LogP contribution in [0, 0.1) is 0 Å². The molecule has 2 aliphatic heterocycles. The number of benzene rings is 2. The summed E-state index contributed by atoms with van der Waals surface area (Å²) in [4.78, 5) is 17.4. The van der Waals surface area contributed by atoms with Gasteiger partial charge in [-0.15, -0.1) is 0 Å². The standard InChI is InChI=1S/C27H37N3O3/c1-33-26-7-3-2-5-22(26)12-15-28-27(32)19-21-8-10-23(11-9-21)29-17-13-24(14-18-29)30-16-4-6-25(30)20-31/h2-3,5,7-11,24-25,31H,4,6,12-20H2,1H3,(H,28,32)/t25-/m0/s1. The highest BCUT2D eigenvalue weighted by atomic mass is 16.5. The Balaban J connectivity index is 1.21. The van der Waals surface area contributed by atoms with Crippen molar-refractivity contribution in [1.29, 1.82) is 0 Å². The number of carbonyl (C=O) groups is 1. The fourth-order valence-corrected chi connectivity index (χ4v) is 5.31. The number of likely N-dealkylation sites (tertiary alicyclic amines) is 1. The Morgan fingerprint density at radius 3 is 2.55 bits per heavy atom. The Morgan fingerprint density at radius 2 is 1.82 bits per heavy atom. The average molecular weight is 452 g/mol. The van der Waals surface area contributed by atoms with E-state index in [0.717, 1.165) is 62.2 Å². The van der Waals surface area contributed by atoms with Gasteiger partial charge in [-0.3, -0.25) is 9.69 Å². The number of methoxy groups -OCH3 is 1. The monoisotopic (exact) mass is 451 g/mol. The molecule has 1 atom stereocenters. The molecule has 2 fully saturated rings. The number of hydrogen-bond donors (Lipinski definition) is 2. The third-order valence-electron chi connectivity index (χ3n) is 7.14. The Bertz CT molecular complexity index is 894. The molecule has 2 saturated heterocycles. The van der Waals surface area contributed by atoms with Gasteiger partial charge >= 0.3 is 0 Å². The number of rotatable bonds is 9. The Kier molecular flexibility index (Phi) is 8.24. The summed E-state index contributed by atoms with van der Waals surface area (Å²) in [5, 5.41) is 12.6. The second-order valence-electron chi connectivity index (χ2n) is 9.19. The van der Waals surface area contributed by atoms with Crippen molar-refractivity contribution in [3.05, 3.63) is 59.7 Å². The second kappa shape index (κ2) is 11.5. The summed E-state index contributed by atoms with van der Waals surface area (Å²) >= 11 is 0. The first-order valence-corrected chi connectivity index (χ1v) is 12.3. The summed E-state index contributed by atoms with van der Waals surface area (Å²) in [7, 11) is 1.67. The fraction of sp³-hybridized carbons (Fsp3) is 0.519. The lowest BCUT2D eigenvalue weighted by atomic mass is 10.0. The first kappa shape index (κ1) is 23.6. The van der Waals surface area contributed by atoms with Crippen LogP contribution in [-0.4, -0.2) is 67.9 Å². The molecule has 0 radical (unpaired) electrons. The molecule has 33 heavy (non-hydrogen) atoms. The lowest BCUT2D eigenvalue weighted by Gasteiger charge is -2.40. The molecule has 2 N–H and O–H groups in total. The summed E-state index contributed by atoms with van der Waals surface area (Å²) in [6.45, 7) is 4.10. The SMILES string of the molecule is COc1ccccc1CCNC(=O)Cc1ccc(N2CCC(N3CCC[C@H]3CO)CC2)cc1. The van der Waals surface area contributed by atoms with Crippen LogP contribution in [0.1, 0.15) is 36.8 Å². The quantitative estimate of drug-likeness (QED) is 0.614. The molecule has 4 rings (SSSR count). The third-order valence-corrected chi connectivity index (χ3v) is 7.14. The molecule has 2 aliphatic rings. The van der Waals surface area contributed by atoms with E-state index in [9.17, 15) is 9.90 Å². The highest BCUT2D eigenvalue weighted by molar-refractivity contribution is 5.78. The van der Waals surface area contributed by atoms with Crippen LogP contribution in [0.3, 0.4) is 0 Å². The maximum absolute atomic E-state index is 12.4. The van der Waals surface area contributed by atoms with E-state index in [1.54, 1.807) is 7.11 Å². The number of aliphatic hydroxyl groups is 1. The van der Waals surface area contributed by atoms with Gasteiger partial charge in [0.15, 0.2) is 0 Å². The maximum atomic E-state index is 12.4. The fourth-order valence-electron chi connectivity index (χ4n) is 5.31. The zero-order valence-corrected chi connectivity index (χ0v) is 19.7. The Hall–Kier alpha value is -2.57. The van der Waals surface area contributed by atoms with Gasteiger partial charge in [-0.1, -0.05) is 30.3 Å². The van der Waals surface area contributed by atoms with Crippen LogP contribution in [0.25, 0.3) is 0 Å². The minimum Gasteiger partial charge on any atom is -0.496 e. The van der Waals surface area contributed by atoms with E-state index in [-0.39, 0.29) is 12.5 Å². The van der Waals surface area contributed by atoms with Crippen LogP contribution in [0.15, 0.2) is 48.5 Å². The molecule has 0 bridgehead atoms. The molecule has 0 saturated carbocycles. The zero-order chi connectivity index (χ0) is 23.0. The summed E-state index contributed by atoms with van der Waals surface area (Å²) < 4.78 is 5.37. The van der Waals surface area contributed by atoms with Crippen molar-refractivity contribution in [2.24, 2.45) is 0 Å². The average Bonchev–Trinajstić information content (AvgIpc) is 3.34. The van der Waals surface area contributed by atoms with Gasteiger partial charge in [0.1, 0.15) is 5.75 Å². The van der Waals surface area contributed by atoms with Crippen LogP contribution in [0.5, 0.6) is 5.75 Å². The number of carbonyl (C=O) groups excluding carboxylic acids is 1. The molecule has 0 aliphatic carbocycles. The number of piperidine rings is 1. The van der Waals surface area contributed by atoms with Gasteiger partial charge in [-0.25, -0.2) is 0 Å². The number of nitrogens with one attached hydrogen (secondary N) is 1. The van der Waals surface area contributed by atoms with E-state index in [0.29, 0.717) is 25.0 Å². The zero-order valence-electron chi connectivity index (χ0n) is 19.7. The molecule has 2 aromatic rings. The number of anilines is 1. The van der Waals surface area contributed by atoms with E-state index in [1.165, 1.54) is 12.1 Å². The Morgan fingerprint density at radius 1 is 1.06 bits per heavy atom. The minimum absolute atomic E-state index is 0.0440. The number of ether oxygens (including phenoxy) is 1. The van der Waals surface area contributed by atoms with Crippen molar-refractivity contribution in [1.82, 2.24) is 10.2 Å². The van der Waals surface area contributed by atoms with Crippen molar-refractivity contribution in [2.45, 2.75) is 50.6 Å². The molecule has 2 heterocycles. The van der Waals surface area contributed by atoms with Gasteiger partial charge in [-0.2, -0.15) is 0 Å². The van der Waals surface area contributed by atoms with Gasteiger partial charge in [0.05, 0.1) is 20.1 Å². The number of amides is 1. The number of para-hydroxylation sites is 1. The molecular weight excluding hydrogens is 414 g/mol. The van der Waals surface area contributed by atoms with Crippen LogP contribution in [0.2, 0.25) is 0 Å². The number of aliphatic hydroxyl groups excluding tert-OH is 1. The molecule has 0 aromatic heterocycles. The van der Waals surface area contributed by atoms with E-state index in [4.69, 9.17) is 4.74 Å². The van der Waals surface area contributed by atoms with Crippen molar-refractivity contribution >= 4 is 11.6 Å². The van der Waals surface area contributed by atoms with Crippen LogP contribution in [-0.2, 0) is 17.6 Å². The van der Waals surface area contributed by atoms with Crippen LogP contribution in [0.4, 0.5) is 5.69 Å². The predicted octanol–water partition coefficient (Wildman–Crippen LogP) is 3.02. The van der Waals surface area contributed by atoms with E-state index < -0.39 is 0 Å². The van der Waals surface area contributed by atoms with Crippen LogP contribution >= 0.6 is 0 Å². The maximum Gasteiger partial charge on any atom is 0.224 e. The van der Waals surface area contributed by atoms with Crippen molar-refractivity contribution in [3.8, 4) is 5.75 Å². The van der Waals surface area contributed by atoms with Gasteiger partial charge in [0.25, 0.3) is 0 Å². The van der Waals surface area contributed by atoms with E-state index >= 15 is 0 Å². The summed E-state index contributed by atoms with van der Waals surface area (Å²) in [5.74, 6) is 0.905. The first-order chi connectivity index (χ1) is 16.2. The van der Waals surface area contributed by atoms with Crippen molar-refractivity contribution in [3.63, 3.8) is 0 Å². The van der Waals surface area contributed by atoms with Gasteiger partial charge in [0, 0.05) is 37.4 Å². The smallest absolute Gasteiger partial charge is 0.224 e. The topological polar surface area (TPSA) is 65.0 Å². The lowest BCUT2D eigenvalue weighted by molar-refractivity contribution is -0.120. The molecule has 2 aromatic carbocycles. The highest BCUT2D eigenvalue weighted by Crippen LogP contribution is 2.28. The number of hydrogen-bond acceptors (Lipinski definition) is 5. The normalized spacial score (nSPS) is 19.6. The molecule has 6 nitrogen and oxygen atoms in total. The molecule has 178 valence electrons. The summed E-state index contributed by atoms with van der Waals surface area (Å²) in [6, 6.07) is 17.3. The van der Waals surface area contributed by atoms with Crippen molar-refractivity contribution in [2.75, 3.05) is 44.8 Å². The second-order valence-corrected chi connectivity index (χ2v) is 9.19. The summed E-state index contributed by atoms with van der Waals surface area (Å²) in [5.41, 5.74) is 3.37. The van der Waals surface area contributed by atoms with Crippen molar-refractivity contribution < 1.29 is 14.6 Å². The summed E-state index contributed by atoms with van der Waals surface area (Å²) in [6.07, 6.45) is 5.78. The first-order valence-electron chi connectivity index (χ1n) is 12.3. The van der Waals surface area contributed by atoms with Gasteiger partial charge in [0.2, 0.25) is 5.91 Å². The third kappa shape index (κ3) is 6.06. The molecule has 0 spiro atoms. The van der Waals surface area contributed by atoms with Gasteiger partial charge < -0.3 is 20.1 Å². The molecule has 6 heteroatoms. The Labute approximate surface area is 197 Å². The van der Waals surface area contributed by atoms with Crippen LogP contribution < -0.4 is 15.0 Å². The highest BCUT2D eigenvalue weighted by Gasteiger charge is 2.32.